The van der Waals surface area contributed by atoms with E-state index < -0.39 is 49.4 Å². The largest absolute Gasteiger partial charge is 0.457 e. The molecule has 1 aliphatic rings. The number of unbranched alkanes of at least 4 members (excludes halogenated alkanes) is 3. The molecule has 64 heavy (non-hydrogen) atoms. The van der Waals surface area contributed by atoms with Gasteiger partial charge in [0.05, 0.1) is 19.8 Å². The van der Waals surface area contributed by atoms with Crippen LogP contribution in [0.4, 0.5) is 0 Å². The lowest BCUT2D eigenvalue weighted by Crippen LogP contribution is -2.59. The van der Waals surface area contributed by atoms with Crippen molar-refractivity contribution in [3.05, 3.63) is 146 Å². The Bertz CT molecular complexity index is 1480. The number of rotatable bonds is 38. The minimum absolute atomic E-state index is 0.0796. The number of hydrogen-bond donors (Lipinski definition) is 4. The first-order valence-corrected chi connectivity index (χ1v) is 23.9. The van der Waals surface area contributed by atoms with E-state index in [1.54, 1.807) is 0 Å². The van der Waals surface area contributed by atoms with Crippen LogP contribution in [-0.4, -0.2) is 89.6 Å². The number of aliphatic hydroxyl groups is 4. The maximum Gasteiger partial charge on any atom is 0.306 e. The molecule has 0 amide bonds. The van der Waals surface area contributed by atoms with Crippen LogP contribution in [0.25, 0.3) is 0 Å². The third-order valence-electron chi connectivity index (χ3n) is 9.76. The van der Waals surface area contributed by atoms with Gasteiger partial charge in [0, 0.05) is 13.0 Å². The molecule has 0 saturated carbocycles. The van der Waals surface area contributed by atoms with Crippen molar-refractivity contribution < 1.29 is 44.2 Å². The van der Waals surface area contributed by atoms with E-state index in [2.05, 4.69) is 148 Å². The molecule has 0 radical (unpaired) electrons. The Morgan fingerprint density at radius 2 is 0.906 bits per heavy atom. The lowest BCUT2D eigenvalue weighted by Gasteiger charge is -2.39. The molecule has 1 rings (SSSR count). The SMILES string of the molecule is CC/C=C\C/C=C\C/C=C\C/C=C\C/C=C\C/C=C\CCCCCOCC(COC1OC(CO)C(O)C(O)C1O)OC(=O)CC/C=C\C/C=C\C/C=C\C/C=C\C/C=C\C/C=C\CC. The highest BCUT2D eigenvalue weighted by Gasteiger charge is 2.44. The van der Waals surface area contributed by atoms with Crippen molar-refractivity contribution in [3.63, 3.8) is 0 Å². The van der Waals surface area contributed by atoms with Crippen molar-refractivity contribution in [2.45, 2.75) is 166 Å². The average Bonchev–Trinajstić information content (AvgIpc) is 3.30. The zero-order valence-corrected chi connectivity index (χ0v) is 39.2. The van der Waals surface area contributed by atoms with Crippen LogP contribution in [0.15, 0.2) is 146 Å². The second-order valence-corrected chi connectivity index (χ2v) is 15.4. The summed E-state index contributed by atoms with van der Waals surface area (Å²) in [4.78, 5) is 12.8. The van der Waals surface area contributed by atoms with Crippen LogP contribution in [0.3, 0.4) is 0 Å². The molecule has 0 aromatic heterocycles. The number of hydrogen-bond acceptors (Lipinski definition) is 9. The number of carbonyl (C=O) groups excluding carboxylic acids is 1. The van der Waals surface area contributed by atoms with Crippen molar-refractivity contribution >= 4 is 5.97 Å². The van der Waals surface area contributed by atoms with Gasteiger partial charge in [0.25, 0.3) is 0 Å². The fourth-order valence-corrected chi connectivity index (χ4v) is 6.11. The summed E-state index contributed by atoms with van der Waals surface area (Å²) in [5.74, 6) is -0.415. The molecule has 1 saturated heterocycles. The fourth-order valence-electron chi connectivity index (χ4n) is 6.11. The van der Waals surface area contributed by atoms with Crippen molar-refractivity contribution in [1.29, 1.82) is 0 Å². The Morgan fingerprint density at radius 3 is 1.33 bits per heavy atom. The molecule has 0 bridgehead atoms. The Morgan fingerprint density at radius 1 is 0.500 bits per heavy atom. The van der Waals surface area contributed by atoms with Crippen LogP contribution in [-0.2, 0) is 23.7 Å². The van der Waals surface area contributed by atoms with E-state index in [-0.39, 0.29) is 19.6 Å². The van der Waals surface area contributed by atoms with Crippen LogP contribution in [0.5, 0.6) is 0 Å². The third-order valence-corrected chi connectivity index (χ3v) is 9.76. The Balaban J connectivity index is 2.35. The van der Waals surface area contributed by atoms with E-state index in [0.717, 1.165) is 103 Å². The lowest BCUT2D eigenvalue weighted by atomic mass is 9.99. The van der Waals surface area contributed by atoms with Crippen LogP contribution in [0, 0.1) is 0 Å². The molecule has 9 heteroatoms. The monoisotopic (exact) mass is 889 g/mol. The minimum Gasteiger partial charge on any atom is -0.457 e. The highest BCUT2D eigenvalue weighted by molar-refractivity contribution is 5.69. The molecule has 1 fully saturated rings. The highest BCUT2D eigenvalue weighted by atomic mass is 16.7. The predicted octanol–water partition coefficient (Wildman–Crippen LogP) is 11.5. The highest BCUT2D eigenvalue weighted by Crippen LogP contribution is 2.22. The van der Waals surface area contributed by atoms with Gasteiger partial charge in [-0.1, -0.05) is 166 Å². The maximum atomic E-state index is 12.8. The Labute approximate surface area is 387 Å². The quantitative estimate of drug-likeness (QED) is 0.0271. The Kier molecular flexibility index (Phi) is 40.2. The molecular formula is C55H84O9. The molecule has 1 heterocycles. The summed E-state index contributed by atoms with van der Waals surface area (Å²) in [6, 6.07) is 0. The lowest BCUT2D eigenvalue weighted by molar-refractivity contribution is -0.305. The summed E-state index contributed by atoms with van der Waals surface area (Å²) in [5.41, 5.74) is 0. The first-order valence-electron chi connectivity index (χ1n) is 23.9. The van der Waals surface area contributed by atoms with Gasteiger partial charge in [-0.3, -0.25) is 4.79 Å². The molecule has 6 unspecified atom stereocenters. The zero-order valence-electron chi connectivity index (χ0n) is 39.2. The van der Waals surface area contributed by atoms with Crippen molar-refractivity contribution in [3.8, 4) is 0 Å². The van der Waals surface area contributed by atoms with Crippen LogP contribution < -0.4 is 0 Å². The summed E-state index contributed by atoms with van der Waals surface area (Å²) in [6.45, 7) is 4.11. The predicted molar refractivity (Wildman–Crippen MR) is 265 cm³/mol. The van der Waals surface area contributed by atoms with E-state index in [4.69, 9.17) is 18.9 Å². The number of esters is 1. The standard InChI is InChI=1S/C55H84O9/c1-3-5-7-9-11-13-15-17-19-21-23-24-25-27-29-31-33-35-37-39-41-43-45-61-47-49(48-62-55-54(60)53(59)52(58)50(46-56)64-55)63-51(57)44-42-40-38-36-34-32-30-28-26-22-20-18-16-14-12-10-8-6-4-2/h5-8,11-14,17-20,23-24,26-29,32-35,38,40,49-50,52-56,58-60H,3-4,9-10,15-16,21-22,25,30-31,36-37,39,41-48H2,1-2H3/b7-5-,8-6-,13-11-,14-12-,19-17-,20-18-,24-23-,28-26-,29-27-,34-32-,35-33-,40-38-. The van der Waals surface area contributed by atoms with Gasteiger partial charge >= 0.3 is 5.97 Å². The van der Waals surface area contributed by atoms with E-state index in [0.29, 0.717) is 13.0 Å². The summed E-state index contributed by atoms with van der Waals surface area (Å²) >= 11 is 0. The van der Waals surface area contributed by atoms with Gasteiger partial charge in [-0.15, -0.1) is 0 Å². The zero-order chi connectivity index (χ0) is 46.4. The first kappa shape index (κ1) is 58.1. The van der Waals surface area contributed by atoms with E-state index in [1.807, 2.05) is 12.2 Å². The summed E-state index contributed by atoms with van der Waals surface area (Å²) in [5, 5.41) is 40.2. The van der Waals surface area contributed by atoms with Crippen molar-refractivity contribution in [1.82, 2.24) is 0 Å². The summed E-state index contributed by atoms with van der Waals surface area (Å²) in [7, 11) is 0. The molecular weight excluding hydrogens is 805 g/mol. The molecule has 6 atom stereocenters. The summed E-state index contributed by atoms with van der Waals surface area (Å²) in [6.07, 6.45) is 60.3. The molecule has 0 spiro atoms. The van der Waals surface area contributed by atoms with Gasteiger partial charge in [0.15, 0.2) is 6.29 Å². The average molecular weight is 889 g/mol. The van der Waals surface area contributed by atoms with Crippen molar-refractivity contribution in [2.24, 2.45) is 0 Å². The van der Waals surface area contributed by atoms with Gasteiger partial charge < -0.3 is 39.4 Å². The number of carbonyl (C=O) groups is 1. The second kappa shape index (κ2) is 44.3. The molecule has 1 aliphatic heterocycles. The first-order chi connectivity index (χ1) is 31.4. The smallest absolute Gasteiger partial charge is 0.306 e. The number of ether oxygens (including phenoxy) is 4. The molecule has 0 aliphatic carbocycles. The van der Waals surface area contributed by atoms with Gasteiger partial charge in [0.2, 0.25) is 0 Å². The molecule has 358 valence electrons. The van der Waals surface area contributed by atoms with E-state index >= 15 is 0 Å². The summed E-state index contributed by atoms with van der Waals surface area (Å²) < 4.78 is 22.7. The van der Waals surface area contributed by atoms with E-state index in [1.165, 1.54) is 0 Å². The van der Waals surface area contributed by atoms with Crippen LogP contribution in [0.2, 0.25) is 0 Å². The van der Waals surface area contributed by atoms with Gasteiger partial charge in [0.1, 0.15) is 30.5 Å². The fraction of sp³-hybridized carbons (Fsp3) is 0.545. The topological polar surface area (TPSA) is 135 Å². The number of allylic oxidation sites excluding steroid dienone is 24. The number of aliphatic hydroxyl groups excluding tert-OH is 4. The van der Waals surface area contributed by atoms with Crippen molar-refractivity contribution in [2.75, 3.05) is 26.4 Å². The van der Waals surface area contributed by atoms with E-state index in [9.17, 15) is 25.2 Å². The van der Waals surface area contributed by atoms with Gasteiger partial charge in [-0.05, 0) is 103 Å². The molecule has 4 N–H and O–H groups in total. The molecule has 0 aromatic rings. The van der Waals surface area contributed by atoms with Crippen LogP contribution in [0.1, 0.15) is 129 Å². The molecule has 9 nitrogen and oxygen atoms in total. The Hall–Kier alpha value is -3.93. The van der Waals surface area contributed by atoms with Gasteiger partial charge in [-0.25, -0.2) is 0 Å². The van der Waals surface area contributed by atoms with Gasteiger partial charge in [-0.2, -0.15) is 0 Å². The minimum atomic E-state index is -1.57. The molecule has 0 aromatic carbocycles. The van der Waals surface area contributed by atoms with Crippen LogP contribution >= 0.6 is 0 Å². The normalized spacial score (nSPS) is 20.9. The maximum absolute atomic E-state index is 12.8. The third kappa shape index (κ3) is 34.5. The second-order valence-electron chi connectivity index (χ2n) is 15.4.